The zero-order valence-corrected chi connectivity index (χ0v) is 15.5. The van der Waals surface area contributed by atoms with Crippen LogP contribution in [0.5, 0.6) is 0 Å². The molecule has 2 aromatic rings. The molecule has 0 N–H and O–H groups in total. The molecule has 0 spiro atoms. The van der Waals surface area contributed by atoms with Gasteiger partial charge in [0.05, 0.1) is 31.0 Å². The molecule has 2 aromatic carbocycles. The Morgan fingerprint density at radius 3 is 2.15 bits per heavy atom. The highest BCUT2D eigenvalue weighted by Gasteiger charge is 2.23. The lowest BCUT2D eigenvalue weighted by molar-refractivity contribution is -0.137. The normalized spacial score (nSPS) is 19.8. The summed E-state index contributed by atoms with van der Waals surface area (Å²) < 4.78 is 12.1. The molecule has 136 valence electrons. The molecule has 1 saturated heterocycles. The van der Waals surface area contributed by atoms with Gasteiger partial charge in [0.25, 0.3) is 0 Å². The van der Waals surface area contributed by atoms with E-state index in [2.05, 4.69) is 37.3 Å². The van der Waals surface area contributed by atoms with Gasteiger partial charge in [-0.3, -0.25) is 0 Å². The molecule has 0 amide bonds. The largest absolute Gasteiger partial charge is 0.373 e. The van der Waals surface area contributed by atoms with Gasteiger partial charge in [-0.1, -0.05) is 69.0 Å². The molecule has 1 heterocycles. The second-order valence-corrected chi connectivity index (χ2v) is 6.94. The zero-order chi connectivity index (χ0) is 18.2. The Morgan fingerprint density at radius 2 is 1.58 bits per heavy atom. The standard InChI is InChI=1S/C23H27NO2/c1-2-3-4-5-6-22-16-26-23(17-25-22)21-13-11-20(12-14-21)19-9-7-18(15-24)8-10-19/h7-14,22-23H,2-6,16-17H2,1H3/t22-,23-/m1/s1. The van der Waals surface area contributed by atoms with E-state index in [9.17, 15) is 0 Å². The van der Waals surface area contributed by atoms with Crippen molar-refractivity contribution < 1.29 is 9.47 Å². The number of rotatable bonds is 7. The monoisotopic (exact) mass is 349 g/mol. The molecule has 1 aliphatic heterocycles. The Morgan fingerprint density at radius 1 is 0.885 bits per heavy atom. The molecule has 2 atom stereocenters. The van der Waals surface area contributed by atoms with Gasteiger partial charge in [0.2, 0.25) is 0 Å². The van der Waals surface area contributed by atoms with Crippen LogP contribution >= 0.6 is 0 Å². The number of ether oxygens (including phenoxy) is 2. The Balaban J connectivity index is 1.52. The summed E-state index contributed by atoms with van der Waals surface area (Å²) in [6.07, 6.45) is 6.47. The van der Waals surface area contributed by atoms with E-state index in [0.29, 0.717) is 18.8 Å². The molecular formula is C23H27NO2. The van der Waals surface area contributed by atoms with Gasteiger partial charge < -0.3 is 9.47 Å². The number of benzene rings is 2. The van der Waals surface area contributed by atoms with Crippen molar-refractivity contribution in [3.8, 4) is 17.2 Å². The predicted octanol–water partition coefficient (Wildman–Crippen LogP) is 5.65. The fraction of sp³-hybridized carbons (Fsp3) is 0.435. The molecule has 0 aromatic heterocycles. The van der Waals surface area contributed by atoms with Crippen molar-refractivity contribution in [1.82, 2.24) is 0 Å². The van der Waals surface area contributed by atoms with Gasteiger partial charge in [-0.25, -0.2) is 0 Å². The van der Waals surface area contributed by atoms with E-state index < -0.39 is 0 Å². The number of nitriles is 1. The van der Waals surface area contributed by atoms with E-state index in [-0.39, 0.29) is 12.2 Å². The first kappa shape index (κ1) is 18.6. The smallest absolute Gasteiger partial charge is 0.106 e. The summed E-state index contributed by atoms with van der Waals surface area (Å²) in [6.45, 7) is 3.56. The van der Waals surface area contributed by atoms with Crippen LogP contribution in [0.1, 0.15) is 56.3 Å². The Hall–Kier alpha value is -2.15. The quantitative estimate of drug-likeness (QED) is 0.606. The maximum absolute atomic E-state index is 8.89. The Bertz CT molecular complexity index is 707. The van der Waals surface area contributed by atoms with Crippen LogP contribution in [0.2, 0.25) is 0 Å². The highest BCUT2D eigenvalue weighted by atomic mass is 16.6. The van der Waals surface area contributed by atoms with Gasteiger partial charge in [0, 0.05) is 0 Å². The maximum atomic E-state index is 8.89. The van der Waals surface area contributed by atoms with Crippen LogP contribution in [0.3, 0.4) is 0 Å². The van der Waals surface area contributed by atoms with Crippen LogP contribution in [0, 0.1) is 11.3 Å². The predicted molar refractivity (Wildman–Crippen MR) is 104 cm³/mol. The first-order valence-electron chi connectivity index (χ1n) is 9.64. The minimum Gasteiger partial charge on any atom is -0.373 e. The summed E-state index contributed by atoms with van der Waals surface area (Å²) in [6, 6.07) is 18.3. The van der Waals surface area contributed by atoms with Gasteiger partial charge in [0.15, 0.2) is 0 Å². The van der Waals surface area contributed by atoms with Crippen molar-refractivity contribution in [1.29, 1.82) is 5.26 Å². The highest BCUT2D eigenvalue weighted by Crippen LogP contribution is 2.27. The van der Waals surface area contributed by atoms with Crippen molar-refractivity contribution in [2.75, 3.05) is 13.2 Å². The lowest BCUT2D eigenvalue weighted by Crippen LogP contribution is -2.31. The fourth-order valence-corrected chi connectivity index (χ4v) is 3.33. The van der Waals surface area contributed by atoms with E-state index >= 15 is 0 Å². The highest BCUT2D eigenvalue weighted by molar-refractivity contribution is 5.64. The zero-order valence-electron chi connectivity index (χ0n) is 15.5. The van der Waals surface area contributed by atoms with E-state index in [1.165, 1.54) is 25.7 Å². The molecule has 3 rings (SSSR count). The molecule has 0 bridgehead atoms. The summed E-state index contributed by atoms with van der Waals surface area (Å²) in [7, 11) is 0. The van der Waals surface area contributed by atoms with Crippen LogP contribution in [0.15, 0.2) is 48.5 Å². The number of nitrogens with zero attached hydrogens (tertiary/aromatic N) is 1. The molecule has 1 fully saturated rings. The Labute approximate surface area is 156 Å². The molecule has 0 unspecified atom stereocenters. The average Bonchev–Trinajstić information content (AvgIpc) is 2.72. The van der Waals surface area contributed by atoms with Crippen LogP contribution in [-0.4, -0.2) is 19.3 Å². The summed E-state index contributed by atoms with van der Waals surface area (Å²) in [5, 5.41) is 8.89. The van der Waals surface area contributed by atoms with Gasteiger partial charge in [-0.2, -0.15) is 5.26 Å². The van der Waals surface area contributed by atoms with Crippen LogP contribution in [0.4, 0.5) is 0 Å². The maximum Gasteiger partial charge on any atom is 0.106 e. The lowest BCUT2D eigenvalue weighted by Gasteiger charge is -2.30. The lowest BCUT2D eigenvalue weighted by atomic mass is 10.0. The third-order valence-corrected chi connectivity index (χ3v) is 4.98. The van der Waals surface area contributed by atoms with Crippen molar-refractivity contribution in [3.05, 3.63) is 59.7 Å². The van der Waals surface area contributed by atoms with E-state index in [4.69, 9.17) is 14.7 Å². The second kappa shape index (κ2) is 9.52. The fourth-order valence-electron chi connectivity index (χ4n) is 3.33. The number of hydrogen-bond donors (Lipinski definition) is 0. The topological polar surface area (TPSA) is 42.2 Å². The van der Waals surface area contributed by atoms with E-state index in [0.717, 1.165) is 23.1 Å². The number of unbranched alkanes of at least 4 members (excludes halogenated alkanes) is 3. The Kier molecular flexibility index (Phi) is 6.82. The summed E-state index contributed by atoms with van der Waals surface area (Å²) >= 11 is 0. The summed E-state index contributed by atoms with van der Waals surface area (Å²) in [5.74, 6) is 0. The molecule has 0 radical (unpaired) electrons. The number of hydrogen-bond acceptors (Lipinski definition) is 3. The van der Waals surface area contributed by atoms with Gasteiger partial charge in [0.1, 0.15) is 6.10 Å². The van der Waals surface area contributed by atoms with Crippen molar-refractivity contribution in [2.45, 2.75) is 51.2 Å². The van der Waals surface area contributed by atoms with Gasteiger partial charge in [-0.05, 0) is 35.2 Å². The molecule has 3 nitrogen and oxygen atoms in total. The van der Waals surface area contributed by atoms with Crippen molar-refractivity contribution >= 4 is 0 Å². The molecule has 26 heavy (non-hydrogen) atoms. The van der Waals surface area contributed by atoms with Crippen LogP contribution < -0.4 is 0 Å². The SMILES string of the molecule is CCCCCC[C@@H]1CO[C@@H](c2ccc(-c3ccc(C#N)cc3)cc2)CO1. The van der Waals surface area contributed by atoms with Gasteiger partial charge in [-0.15, -0.1) is 0 Å². The second-order valence-electron chi connectivity index (χ2n) is 6.94. The van der Waals surface area contributed by atoms with Gasteiger partial charge >= 0.3 is 0 Å². The minimum absolute atomic E-state index is 0.0249. The summed E-state index contributed by atoms with van der Waals surface area (Å²) in [4.78, 5) is 0. The summed E-state index contributed by atoms with van der Waals surface area (Å²) in [5.41, 5.74) is 4.10. The molecule has 0 aliphatic carbocycles. The average molecular weight is 349 g/mol. The molecular weight excluding hydrogens is 322 g/mol. The van der Waals surface area contributed by atoms with Crippen molar-refractivity contribution in [2.24, 2.45) is 0 Å². The van der Waals surface area contributed by atoms with Crippen LogP contribution in [-0.2, 0) is 9.47 Å². The van der Waals surface area contributed by atoms with Crippen LogP contribution in [0.25, 0.3) is 11.1 Å². The van der Waals surface area contributed by atoms with Crippen molar-refractivity contribution in [3.63, 3.8) is 0 Å². The molecule has 0 saturated carbocycles. The van der Waals surface area contributed by atoms with E-state index in [1.54, 1.807) is 0 Å². The van der Waals surface area contributed by atoms with E-state index in [1.807, 2.05) is 24.3 Å². The third-order valence-electron chi connectivity index (χ3n) is 4.98. The minimum atomic E-state index is 0.0249. The molecule has 1 aliphatic rings. The third kappa shape index (κ3) is 4.94. The first-order valence-corrected chi connectivity index (χ1v) is 9.64. The first-order chi connectivity index (χ1) is 12.8. The molecule has 3 heteroatoms.